The molecule has 3 rings (SSSR count). The monoisotopic (exact) mass is 322 g/mol. The molecule has 1 aromatic rings. The minimum absolute atomic E-state index is 0.0691. The van der Waals surface area contributed by atoms with Crippen LogP contribution in [0.2, 0.25) is 0 Å². The first-order chi connectivity index (χ1) is 10.7. The Morgan fingerprint density at radius 3 is 2.61 bits per heavy atom. The van der Waals surface area contributed by atoms with E-state index in [1.165, 1.54) is 0 Å². The van der Waals surface area contributed by atoms with Gasteiger partial charge in [-0.2, -0.15) is 0 Å². The maximum atomic E-state index is 12.2. The van der Waals surface area contributed by atoms with Crippen LogP contribution in [0.3, 0.4) is 0 Å². The number of fused-ring (bicyclic) bond motifs is 1. The second kappa shape index (κ2) is 5.56. The molecule has 6 heteroatoms. The minimum atomic E-state index is -1.30. The molecule has 1 aromatic carbocycles. The fraction of sp³-hybridized carbons (Fsp3) is 0.588. The minimum Gasteiger partial charge on any atom is -0.459 e. The van der Waals surface area contributed by atoms with Crippen LogP contribution < -0.4 is 0 Å². The molecule has 0 spiro atoms. The van der Waals surface area contributed by atoms with Gasteiger partial charge in [0.15, 0.2) is 12.1 Å². The Bertz CT molecular complexity index is 609. The lowest BCUT2D eigenvalue weighted by Gasteiger charge is -2.29. The number of carbonyl (C=O) groups is 1. The number of rotatable bonds is 3. The second-order valence-electron chi connectivity index (χ2n) is 6.69. The van der Waals surface area contributed by atoms with Crippen molar-refractivity contribution in [2.75, 3.05) is 6.61 Å². The third kappa shape index (κ3) is 2.99. The van der Waals surface area contributed by atoms with Crippen LogP contribution in [-0.4, -0.2) is 47.6 Å². The standard InChI is InChI=1S/C17H22O6/c1-10-7-5-6-8-11(10)14(18)20-9-12-17(4,19)13-15(21-12)23-16(2,3)22-13/h5-8,12-13,15,19H,9H2,1-4H3/t12-,13?,15-,17-/m0/s1. The summed E-state index contributed by atoms with van der Waals surface area (Å²) in [5.41, 5.74) is 0.0330. The van der Waals surface area contributed by atoms with Gasteiger partial charge in [0, 0.05) is 0 Å². The number of benzene rings is 1. The number of aliphatic hydroxyl groups is 1. The Balaban J connectivity index is 1.64. The quantitative estimate of drug-likeness (QED) is 0.855. The molecule has 0 saturated carbocycles. The number of esters is 1. The van der Waals surface area contributed by atoms with Gasteiger partial charge in [-0.25, -0.2) is 4.79 Å². The molecule has 2 aliphatic heterocycles. The number of carbonyl (C=O) groups excluding carboxylic acids is 1. The third-order valence-corrected chi connectivity index (χ3v) is 4.32. The van der Waals surface area contributed by atoms with Crippen LogP contribution in [0.15, 0.2) is 24.3 Å². The van der Waals surface area contributed by atoms with Crippen molar-refractivity contribution in [2.45, 2.75) is 57.6 Å². The van der Waals surface area contributed by atoms with Crippen molar-refractivity contribution in [1.29, 1.82) is 0 Å². The van der Waals surface area contributed by atoms with Gasteiger partial charge in [-0.1, -0.05) is 18.2 Å². The Morgan fingerprint density at radius 1 is 1.26 bits per heavy atom. The lowest BCUT2D eigenvalue weighted by molar-refractivity contribution is -0.230. The number of hydrogen-bond donors (Lipinski definition) is 1. The highest BCUT2D eigenvalue weighted by atomic mass is 16.8. The molecular formula is C17H22O6. The van der Waals surface area contributed by atoms with Crippen LogP contribution in [0, 0.1) is 6.92 Å². The molecule has 1 unspecified atom stereocenters. The summed E-state index contributed by atoms with van der Waals surface area (Å²) in [7, 11) is 0. The van der Waals surface area contributed by atoms with Gasteiger partial charge in [0.2, 0.25) is 0 Å². The third-order valence-electron chi connectivity index (χ3n) is 4.32. The van der Waals surface area contributed by atoms with Gasteiger partial charge in [0.1, 0.15) is 24.4 Å². The Hall–Kier alpha value is -1.47. The van der Waals surface area contributed by atoms with E-state index in [1.807, 2.05) is 19.1 Å². The molecule has 6 nitrogen and oxygen atoms in total. The molecule has 4 atom stereocenters. The summed E-state index contributed by atoms with van der Waals surface area (Å²) in [6.07, 6.45) is -1.98. The lowest BCUT2D eigenvalue weighted by atomic mass is 9.95. The van der Waals surface area contributed by atoms with Gasteiger partial charge < -0.3 is 24.1 Å². The van der Waals surface area contributed by atoms with Gasteiger partial charge in [-0.05, 0) is 39.3 Å². The molecule has 1 N–H and O–H groups in total. The summed E-state index contributed by atoms with van der Waals surface area (Å²) in [5, 5.41) is 10.7. The molecule has 2 fully saturated rings. The summed E-state index contributed by atoms with van der Waals surface area (Å²) >= 11 is 0. The summed E-state index contributed by atoms with van der Waals surface area (Å²) in [6.45, 7) is 6.90. The molecule has 0 amide bonds. The SMILES string of the molecule is Cc1ccccc1C(=O)OC[C@@H]1O[C@H]2OC(C)(C)OC2[C@@]1(C)O. The highest BCUT2D eigenvalue weighted by Crippen LogP contribution is 2.42. The maximum Gasteiger partial charge on any atom is 0.338 e. The predicted octanol–water partition coefficient (Wildman–Crippen LogP) is 1.78. The fourth-order valence-corrected chi connectivity index (χ4v) is 2.95. The van der Waals surface area contributed by atoms with E-state index in [0.29, 0.717) is 5.56 Å². The first kappa shape index (κ1) is 16.4. The van der Waals surface area contributed by atoms with E-state index in [1.54, 1.807) is 32.9 Å². The van der Waals surface area contributed by atoms with Crippen molar-refractivity contribution in [1.82, 2.24) is 0 Å². The van der Waals surface area contributed by atoms with Crippen molar-refractivity contribution >= 4 is 5.97 Å². The lowest BCUT2D eigenvalue weighted by Crippen LogP contribution is -2.48. The molecule has 2 heterocycles. The molecule has 0 radical (unpaired) electrons. The second-order valence-corrected chi connectivity index (χ2v) is 6.69. The number of ether oxygens (including phenoxy) is 4. The van der Waals surface area contributed by atoms with Crippen LogP contribution in [-0.2, 0) is 18.9 Å². The van der Waals surface area contributed by atoms with Crippen molar-refractivity contribution in [2.24, 2.45) is 0 Å². The maximum absolute atomic E-state index is 12.2. The first-order valence-electron chi connectivity index (χ1n) is 7.67. The Kier molecular flexibility index (Phi) is 3.96. The highest BCUT2D eigenvalue weighted by molar-refractivity contribution is 5.90. The Morgan fingerprint density at radius 2 is 1.96 bits per heavy atom. The molecule has 126 valence electrons. The molecule has 0 bridgehead atoms. The van der Waals surface area contributed by atoms with Crippen molar-refractivity contribution in [3.8, 4) is 0 Å². The molecule has 2 aliphatic rings. The van der Waals surface area contributed by atoms with Crippen molar-refractivity contribution in [3.63, 3.8) is 0 Å². The predicted molar refractivity (Wildman–Crippen MR) is 80.8 cm³/mol. The van der Waals surface area contributed by atoms with E-state index in [-0.39, 0.29) is 6.61 Å². The number of aryl methyl sites for hydroxylation is 1. The van der Waals surface area contributed by atoms with E-state index >= 15 is 0 Å². The highest BCUT2D eigenvalue weighted by Gasteiger charge is 2.61. The van der Waals surface area contributed by atoms with Gasteiger partial charge in [0.25, 0.3) is 0 Å². The van der Waals surface area contributed by atoms with Gasteiger partial charge in [0.05, 0.1) is 5.56 Å². The van der Waals surface area contributed by atoms with E-state index < -0.39 is 35.9 Å². The van der Waals surface area contributed by atoms with Gasteiger partial charge >= 0.3 is 5.97 Å². The molecule has 0 aromatic heterocycles. The Labute approximate surface area is 135 Å². The van der Waals surface area contributed by atoms with E-state index in [2.05, 4.69) is 0 Å². The fourth-order valence-electron chi connectivity index (χ4n) is 2.95. The van der Waals surface area contributed by atoms with Crippen LogP contribution in [0.5, 0.6) is 0 Å². The van der Waals surface area contributed by atoms with Gasteiger partial charge in [-0.15, -0.1) is 0 Å². The zero-order valence-corrected chi connectivity index (χ0v) is 13.7. The molecule has 2 saturated heterocycles. The molecule has 23 heavy (non-hydrogen) atoms. The summed E-state index contributed by atoms with van der Waals surface area (Å²) < 4.78 is 22.3. The molecular weight excluding hydrogens is 300 g/mol. The van der Waals surface area contributed by atoms with E-state index in [0.717, 1.165) is 5.56 Å². The summed E-state index contributed by atoms with van der Waals surface area (Å²) in [4.78, 5) is 12.2. The first-order valence-corrected chi connectivity index (χ1v) is 7.67. The number of hydrogen-bond acceptors (Lipinski definition) is 6. The van der Waals surface area contributed by atoms with Crippen molar-refractivity contribution in [3.05, 3.63) is 35.4 Å². The topological polar surface area (TPSA) is 74.2 Å². The molecule has 0 aliphatic carbocycles. The normalized spacial score (nSPS) is 35.1. The zero-order chi connectivity index (χ0) is 16.8. The van der Waals surface area contributed by atoms with Crippen LogP contribution in [0.4, 0.5) is 0 Å². The van der Waals surface area contributed by atoms with Crippen LogP contribution >= 0.6 is 0 Å². The van der Waals surface area contributed by atoms with Crippen LogP contribution in [0.25, 0.3) is 0 Å². The van der Waals surface area contributed by atoms with Crippen LogP contribution in [0.1, 0.15) is 36.7 Å². The average molecular weight is 322 g/mol. The van der Waals surface area contributed by atoms with E-state index in [9.17, 15) is 9.90 Å². The van der Waals surface area contributed by atoms with Gasteiger partial charge in [-0.3, -0.25) is 0 Å². The average Bonchev–Trinajstić information content (AvgIpc) is 2.89. The zero-order valence-electron chi connectivity index (χ0n) is 13.7. The van der Waals surface area contributed by atoms with Crippen molar-refractivity contribution < 1.29 is 28.8 Å². The summed E-state index contributed by atoms with van der Waals surface area (Å²) in [6, 6.07) is 7.18. The largest absolute Gasteiger partial charge is 0.459 e. The smallest absolute Gasteiger partial charge is 0.338 e. The van der Waals surface area contributed by atoms with E-state index in [4.69, 9.17) is 18.9 Å². The summed E-state index contributed by atoms with van der Waals surface area (Å²) in [5.74, 6) is -1.25.